The van der Waals surface area contributed by atoms with Crippen molar-refractivity contribution in [2.24, 2.45) is 0 Å². The van der Waals surface area contributed by atoms with Gasteiger partial charge in [-0.15, -0.1) is 0 Å². The summed E-state index contributed by atoms with van der Waals surface area (Å²) < 4.78 is 2.30. The van der Waals surface area contributed by atoms with Gasteiger partial charge in [0.25, 0.3) is 0 Å². The molecule has 26 heavy (non-hydrogen) atoms. The summed E-state index contributed by atoms with van der Waals surface area (Å²) in [7, 11) is 0. The molecule has 0 aliphatic heterocycles. The summed E-state index contributed by atoms with van der Waals surface area (Å²) in [5, 5.41) is 2.03. The molecule has 1 aromatic heterocycles. The topological polar surface area (TPSA) is 39.1 Å². The highest BCUT2D eigenvalue weighted by Gasteiger charge is 2.16. The Hall–Kier alpha value is -3.20. The van der Waals surface area contributed by atoms with Crippen LogP contribution in [0, 0.1) is 0 Å². The van der Waals surface area contributed by atoms with Gasteiger partial charge in [-0.2, -0.15) is 0 Å². The Balaban J connectivity index is 2.20. The van der Waals surface area contributed by atoms with Gasteiger partial charge in [0.05, 0.1) is 5.52 Å². The highest BCUT2D eigenvalue weighted by Crippen LogP contribution is 2.37. The van der Waals surface area contributed by atoms with Crippen molar-refractivity contribution in [3.8, 4) is 11.1 Å². The number of rotatable bonds is 5. The van der Waals surface area contributed by atoms with Crippen LogP contribution >= 0.6 is 0 Å². The van der Waals surface area contributed by atoms with E-state index < -0.39 is 0 Å². The number of nitrogens with zero attached hydrogens (tertiary/aromatic N) is 1. The van der Waals surface area contributed by atoms with Crippen molar-refractivity contribution in [2.45, 2.75) is 19.9 Å². The van der Waals surface area contributed by atoms with Crippen LogP contribution in [0.5, 0.6) is 0 Å². The Kier molecular flexibility index (Phi) is 4.13. The lowest BCUT2D eigenvalue weighted by Gasteiger charge is -2.11. The SMILES string of the molecule is CCCn1c2ccc(C=O)cc2c2cc(C=O)cc(-c3ccccc3)c21. The number of benzene rings is 3. The molecule has 0 atom stereocenters. The van der Waals surface area contributed by atoms with Crippen LogP contribution in [0.4, 0.5) is 0 Å². The number of aryl methyl sites for hydroxylation is 1. The zero-order valence-electron chi connectivity index (χ0n) is 14.6. The molecule has 0 radical (unpaired) electrons. The third kappa shape index (κ3) is 2.53. The molecular formula is C23H19NO2. The zero-order valence-corrected chi connectivity index (χ0v) is 14.6. The molecule has 0 saturated heterocycles. The summed E-state index contributed by atoms with van der Waals surface area (Å²) in [6, 6.07) is 19.8. The van der Waals surface area contributed by atoms with Crippen molar-refractivity contribution in [3.63, 3.8) is 0 Å². The van der Waals surface area contributed by atoms with Crippen molar-refractivity contribution in [3.05, 3.63) is 71.8 Å². The van der Waals surface area contributed by atoms with Gasteiger partial charge in [0, 0.05) is 39.5 Å². The van der Waals surface area contributed by atoms with Crippen molar-refractivity contribution < 1.29 is 9.59 Å². The van der Waals surface area contributed by atoms with E-state index in [1.54, 1.807) is 0 Å². The van der Waals surface area contributed by atoms with Gasteiger partial charge < -0.3 is 4.57 Å². The fourth-order valence-corrected chi connectivity index (χ4v) is 3.71. The minimum absolute atomic E-state index is 0.642. The van der Waals surface area contributed by atoms with Gasteiger partial charge in [0.15, 0.2) is 0 Å². The van der Waals surface area contributed by atoms with Gasteiger partial charge in [0.2, 0.25) is 0 Å². The summed E-state index contributed by atoms with van der Waals surface area (Å²) in [6.45, 7) is 3.03. The molecule has 128 valence electrons. The van der Waals surface area contributed by atoms with Crippen LogP contribution in [0.2, 0.25) is 0 Å². The van der Waals surface area contributed by atoms with Crippen molar-refractivity contribution in [1.29, 1.82) is 0 Å². The monoisotopic (exact) mass is 341 g/mol. The number of hydrogen-bond acceptors (Lipinski definition) is 2. The van der Waals surface area contributed by atoms with Crippen LogP contribution < -0.4 is 0 Å². The van der Waals surface area contributed by atoms with Gasteiger partial charge in [-0.1, -0.05) is 37.3 Å². The van der Waals surface area contributed by atoms with E-state index in [2.05, 4.69) is 23.6 Å². The Morgan fingerprint density at radius 2 is 1.58 bits per heavy atom. The maximum absolute atomic E-state index is 11.6. The molecule has 0 aliphatic carbocycles. The third-order valence-corrected chi connectivity index (χ3v) is 4.81. The molecule has 3 nitrogen and oxygen atoms in total. The molecule has 0 spiro atoms. The molecule has 3 aromatic carbocycles. The maximum atomic E-state index is 11.6. The molecule has 0 aliphatic rings. The second kappa shape index (κ2) is 6.60. The second-order valence-electron chi connectivity index (χ2n) is 6.49. The van der Waals surface area contributed by atoms with Gasteiger partial charge in [-0.05, 0) is 42.3 Å². The number of carbonyl (C=O) groups excluding carboxylic acids is 2. The maximum Gasteiger partial charge on any atom is 0.150 e. The molecule has 4 aromatic rings. The van der Waals surface area contributed by atoms with Crippen LogP contribution in [0.15, 0.2) is 60.7 Å². The predicted octanol–water partition coefficient (Wildman–Crippen LogP) is 5.50. The molecule has 0 bridgehead atoms. The number of carbonyl (C=O) groups is 2. The first-order valence-electron chi connectivity index (χ1n) is 8.82. The van der Waals surface area contributed by atoms with Crippen LogP contribution in [0.3, 0.4) is 0 Å². The van der Waals surface area contributed by atoms with Crippen molar-refractivity contribution in [1.82, 2.24) is 4.57 Å². The quantitative estimate of drug-likeness (QED) is 0.450. The Morgan fingerprint density at radius 3 is 2.27 bits per heavy atom. The Bertz CT molecular complexity index is 1120. The summed E-state index contributed by atoms with van der Waals surface area (Å²) in [5.74, 6) is 0. The summed E-state index contributed by atoms with van der Waals surface area (Å²) in [6.07, 6.45) is 2.75. The van der Waals surface area contributed by atoms with E-state index in [4.69, 9.17) is 0 Å². The van der Waals surface area contributed by atoms with Gasteiger partial charge in [0.1, 0.15) is 12.6 Å². The molecule has 1 heterocycles. The number of hydrogen-bond donors (Lipinski definition) is 0. The van der Waals surface area contributed by atoms with Crippen LogP contribution in [0.25, 0.3) is 32.9 Å². The van der Waals surface area contributed by atoms with E-state index in [1.165, 1.54) is 0 Å². The number of aromatic nitrogens is 1. The highest BCUT2D eigenvalue weighted by atomic mass is 16.1. The molecule has 3 heteroatoms. The van der Waals surface area contributed by atoms with E-state index in [0.717, 1.165) is 58.5 Å². The van der Waals surface area contributed by atoms with Crippen molar-refractivity contribution in [2.75, 3.05) is 0 Å². The molecule has 0 amide bonds. The first-order valence-corrected chi connectivity index (χ1v) is 8.82. The molecule has 0 N–H and O–H groups in total. The number of fused-ring (bicyclic) bond motifs is 3. The van der Waals surface area contributed by atoms with Gasteiger partial charge in [-0.3, -0.25) is 9.59 Å². The zero-order chi connectivity index (χ0) is 18.1. The van der Waals surface area contributed by atoms with Gasteiger partial charge >= 0.3 is 0 Å². The molecule has 0 fully saturated rings. The first-order chi connectivity index (χ1) is 12.8. The largest absolute Gasteiger partial charge is 0.340 e. The van der Waals surface area contributed by atoms with E-state index >= 15 is 0 Å². The van der Waals surface area contributed by atoms with E-state index in [9.17, 15) is 9.59 Å². The molecule has 4 rings (SSSR count). The Morgan fingerprint density at radius 1 is 0.846 bits per heavy atom. The lowest BCUT2D eigenvalue weighted by molar-refractivity contribution is 0.111. The lowest BCUT2D eigenvalue weighted by Crippen LogP contribution is -1.98. The minimum Gasteiger partial charge on any atom is -0.340 e. The van der Waals surface area contributed by atoms with Crippen molar-refractivity contribution >= 4 is 34.4 Å². The summed E-state index contributed by atoms with van der Waals surface area (Å²) in [5.41, 5.74) is 5.61. The van der Waals surface area contributed by atoms with E-state index in [0.29, 0.717) is 11.1 Å². The van der Waals surface area contributed by atoms with Crippen LogP contribution in [-0.4, -0.2) is 17.1 Å². The highest BCUT2D eigenvalue weighted by molar-refractivity contribution is 6.15. The molecular weight excluding hydrogens is 322 g/mol. The third-order valence-electron chi connectivity index (χ3n) is 4.81. The average Bonchev–Trinajstić information content (AvgIpc) is 3.01. The smallest absolute Gasteiger partial charge is 0.150 e. The minimum atomic E-state index is 0.642. The summed E-state index contributed by atoms with van der Waals surface area (Å²) >= 11 is 0. The van der Waals surface area contributed by atoms with Gasteiger partial charge in [-0.25, -0.2) is 0 Å². The summed E-state index contributed by atoms with van der Waals surface area (Å²) in [4.78, 5) is 22.8. The fourth-order valence-electron chi connectivity index (χ4n) is 3.71. The fraction of sp³-hybridized carbons (Fsp3) is 0.130. The van der Waals surface area contributed by atoms with Crippen LogP contribution in [-0.2, 0) is 6.54 Å². The predicted molar refractivity (Wildman–Crippen MR) is 106 cm³/mol. The van der Waals surface area contributed by atoms with E-state index in [-0.39, 0.29) is 0 Å². The average molecular weight is 341 g/mol. The number of aldehydes is 2. The van der Waals surface area contributed by atoms with E-state index in [1.807, 2.05) is 48.5 Å². The molecule has 0 saturated carbocycles. The molecule has 0 unspecified atom stereocenters. The first kappa shape index (κ1) is 16.3. The Labute approximate surface area is 151 Å². The second-order valence-corrected chi connectivity index (χ2v) is 6.49. The standard InChI is InChI=1S/C23H19NO2/c1-2-10-24-22-9-8-16(14-25)11-20(22)21-13-17(15-26)12-19(23(21)24)18-6-4-3-5-7-18/h3-9,11-15H,2,10H2,1H3. The normalized spacial score (nSPS) is 11.1. The lowest BCUT2D eigenvalue weighted by atomic mass is 9.99. The van der Waals surface area contributed by atoms with Crippen LogP contribution in [0.1, 0.15) is 34.1 Å².